The third kappa shape index (κ3) is 8.60. The van der Waals surface area contributed by atoms with Crippen molar-refractivity contribution in [1.29, 1.82) is 0 Å². The van der Waals surface area contributed by atoms with Crippen LogP contribution in [0.25, 0.3) is 0 Å². The smallest absolute Gasteiger partial charge is 0.407 e. The lowest BCUT2D eigenvalue weighted by Gasteiger charge is -2.45. The van der Waals surface area contributed by atoms with Crippen LogP contribution in [0.4, 0.5) is 4.79 Å². The van der Waals surface area contributed by atoms with Gasteiger partial charge in [-0.25, -0.2) is 9.59 Å². The molecule has 10 nitrogen and oxygen atoms in total. The second-order valence-corrected chi connectivity index (χ2v) is 9.44. The van der Waals surface area contributed by atoms with E-state index in [4.69, 9.17) is 19.3 Å². The van der Waals surface area contributed by atoms with Gasteiger partial charge < -0.3 is 30.0 Å². The molecule has 1 aliphatic heterocycles. The highest BCUT2D eigenvalue weighted by Crippen LogP contribution is 2.28. The van der Waals surface area contributed by atoms with Crippen LogP contribution in [-0.2, 0) is 23.8 Å². The second-order valence-electron chi connectivity index (χ2n) is 9.44. The fourth-order valence-electron chi connectivity index (χ4n) is 4.30. The molecule has 0 aromatic carbocycles. The molecule has 0 unspecified atom stereocenters. The number of carbonyl (C=O) groups is 3. The molecule has 0 bridgehead atoms. The highest BCUT2D eigenvalue weighted by atomic mass is 16.6. The van der Waals surface area contributed by atoms with Gasteiger partial charge >= 0.3 is 12.1 Å². The lowest BCUT2D eigenvalue weighted by Crippen LogP contribution is -2.64. The summed E-state index contributed by atoms with van der Waals surface area (Å²) in [6.45, 7) is 10.2. The fourth-order valence-corrected chi connectivity index (χ4v) is 4.30. The van der Waals surface area contributed by atoms with E-state index < -0.39 is 29.7 Å². The van der Waals surface area contributed by atoms with Crippen LogP contribution in [0.2, 0.25) is 0 Å². The number of ether oxygens (including phenoxy) is 3. The third-order valence-corrected chi connectivity index (χ3v) is 5.50. The molecule has 188 valence electrons. The first-order valence-corrected chi connectivity index (χ1v) is 11.6. The van der Waals surface area contributed by atoms with Crippen molar-refractivity contribution in [3.8, 4) is 0 Å². The number of nitrogens with one attached hydrogen (secondary N) is 2. The largest absolute Gasteiger partial charge is 0.463 e. The molecule has 10 heteroatoms. The summed E-state index contributed by atoms with van der Waals surface area (Å²) in [5.74, 6) is -0.677. The van der Waals surface area contributed by atoms with Gasteiger partial charge in [-0.3, -0.25) is 9.69 Å². The Kier molecular flexibility index (Phi) is 10.1. The van der Waals surface area contributed by atoms with Crippen molar-refractivity contribution >= 4 is 18.0 Å². The van der Waals surface area contributed by atoms with Gasteiger partial charge in [0.05, 0.1) is 44.1 Å². The van der Waals surface area contributed by atoms with E-state index in [0.29, 0.717) is 12.1 Å². The summed E-state index contributed by atoms with van der Waals surface area (Å²) in [6.07, 6.45) is 3.09. The number of amides is 2. The first kappa shape index (κ1) is 27.1. The maximum absolute atomic E-state index is 12.6. The number of hydrogen-bond acceptors (Lipinski definition) is 8. The number of alkyl carbamates (subject to hydrolysis) is 1. The van der Waals surface area contributed by atoms with Gasteiger partial charge in [-0.1, -0.05) is 6.08 Å². The minimum Gasteiger partial charge on any atom is -0.463 e. The predicted octanol–water partition coefficient (Wildman–Crippen LogP) is 1.12. The summed E-state index contributed by atoms with van der Waals surface area (Å²) >= 11 is 0. The van der Waals surface area contributed by atoms with Gasteiger partial charge in [0.15, 0.2) is 0 Å². The Bertz CT molecular complexity index is 719. The summed E-state index contributed by atoms with van der Waals surface area (Å²) in [7, 11) is 0. The molecule has 1 heterocycles. The van der Waals surface area contributed by atoms with Gasteiger partial charge in [-0.15, -0.1) is 0 Å². The van der Waals surface area contributed by atoms with Crippen LogP contribution in [0, 0.1) is 0 Å². The summed E-state index contributed by atoms with van der Waals surface area (Å²) in [4.78, 5) is 39.4. The van der Waals surface area contributed by atoms with Crippen LogP contribution in [0.3, 0.4) is 0 Å². The third-order valence-electron chi connectivity index (χ3n) is 5.50. The number of piperidine rings is 1. The van der Waals surface area contributed by atoms with Crippen molar-refractivity contribution in [2.75, 3.05) is 32.9 Å². The first-order valence-electron chi connectivity index (χ1n) is 11.6. The van der Waals surface area contributed by atoms with Crippen LogP contribution in [-0.4, -0.2) is 90.7 Å². The molecular weight excluding hydrogens is 430 g/mol. The molecule has 0 spiro atoms. The van der Waals surface area contributed by atoms with E-state index in [1.54, 1.807) is 27.7 Å². The summed E-state index contributed by atoms with van der Waals surface area (Å²) < 4.78 is 16.4. The maximum Gasteiger partial charge on any atom is 0.407 e. The number of hydrogen-bond donors (Lipinski definition) is 3. The zero-order valence-electron chi connectivity index (χ0n) is 20.4. The highest BCUT2D eigenvalue weighted by molar-refractivity contribution is 5.89. The number of likely N-dealkylation sites (tertiary alicyclic amines) is 1. The first-order chi connectivity index (χ1) is 15.5. The number of carbonyl (C=O) groups excluding carboxylic acids is 3. The zero-order valence-corrected chi connectivity index (χ0v) is 20.4. The fraction of sp³-hybridized carbons (Fsp3) is 0.783. The molecule has 0 aromatic rings. The van der Waals surface area contributed by atoms with E-state index in [1.165, 1.54) is 6.92 Å². The van der Waals surface area contributed by atoms with E-state index in [1.807, 2.05) is 6.08 Å². The standard InChI is InChI=1S/C23H39N3O7/c1-6-31-21(29)16-12-18(25-22(30)33-23(3,4)5)20(24-15(2)28)19(13-16)26-9-7-8-17(14-26)32-11-10-27/h13,17-20,27H,6-12,14H2,1-5H3,(H,24,28)(H,25,30)/t17-,18-,19+,20+/m0/s1. The molecule has 4 atom stereocenters. The lowest BCUT2D eigenvalue weighted by atomic mass is 9.84. The normalized spacial score (nSPS) is 26.2. The quantitative estimate of drug-likeness (QED) is 0.452. The zero-order chi connectivity index (χ0) is 24.6. The van der Waals surface area contributed by atoms with Crippen LogP contribution < -0.4 is 10.6 Å². The van der Waals surface area contributed by atoms with Crippen molar-refractivity contribution in [2.45, 2.75) is 83.7 Å². The number of aliphatic hydroxyl groups excluding tert-OH is 1. The van der Waals surface area contributed by atoms with E-state index in [0.717, 1.165) is 19.4 Å². The molecule has 0 radical (unpaired) electrons. The number of aliphatic hydroxyl groups is 1. The van der Waals surface area contributed by atoms with Crippen molar-refractivity contribution in [3.05, 3.63) is 11.6 Å². The summed E-state index contributed by atoms with van der Waals surface area (Å²) in [5.41, 5.74) is -0.242. The van der Waals surface area contributed by atoms with Crippen molar-refractivity contribution in [3.63, 3.8) is 0 Å². The monoisotopic (exact) mass is 469 g/mol. The molecule has 33 heavy (non-hydrogen) atoms. The van der Waals surface area contributed by atoms with Crippen molar-refractivity contribution in [1.82, 2.24) is 15.5 Å². The van der Waals surface area contributed by atoms with Crippen LogP contribution in [0.1, 0.15) is 53.9 Å². The van der Waals surface area contributed by atoms with E-state index in [9.17, 15) is 14.4 Å². The van der Waals surface area contributed by atoms with E-state index in [2.05, 4.69) is 15.5 Å². The molecule has 2 amide bonds. The van der Waals surface area contributed by atoms with E-state index >= 15 is 0 Å². The Morgan fingerprint density at radius 3 is 2.58 bits per heavy atom. The lowest BCUT2D eigenvalue weighted by molar-refractivity contribution is -0.139. The van der Waals surface area contributed by atoms with Crippen LogP contribution >= 0.6 is 0 Å². The SMILES string of the molecule is CCOC(=O)C1=C[C@@H](N2CCC[C@H](OCCO)C2)[C@H](NC(C)=O)[C@@H](NC(=O)OC(C)(C)C)C1. The van der Waals surface area contributed by atoms with Crippen molar-refractivity contribution < 1.29 is 33.7 Å². The minimum absolute atomic E-state index is 0.0523. The van der Waals surface area contributed by atoms with Gasteiger partial charge in [0.2, 0.25) is 5.91 Å². The van der Waals surface area contributed by atoms with Crippen LogP contribution in [0.5, 0.6) is 0 Å². The number of nitrogens with zero attached hydrogens (tertiary/aromatic N) is 1. The molecular formula is C23H39N3O7. The van der Waals surface area contributed by atoms with Crippen LogP contribution in [0.15, 0.2) is 11.6 Å². The van der Waals surface area contributed by atoms with Gasteiger partial charge in [0.1, 0.15) is 5.60 Å². The highest BCUT2D eigenvalue weighted by Gasteiger charge is 2.41. The summed E-state index contributed by atoms with van der Waals surface area (Å²) in [5, 5.41) is 14.9. The summed E-state index contributed by atoms with van der Waals surface area (Å²) in [6, 6.07) is -1.41. The molecule has 1 aliphatic carbocycles. The van der Waals surface area contributed by atoms with E-state index in [-0.39, 0.29) is 44.3 Å². The van der Waals surface area contributed by atoms with Gasteiger partial charge in [0, 0.05) is 25.5 Å². The Hall–Kier alpha value is -2.17. The average Bonchev–Trinajstić information content (AvgIpc) is 2.72. The maximum atomic E-state index is 12.6. The molecule has 1 fully saturated rings. The molecule has 2 aliphatic rings. The van der Waals surface area contributed by atoms with Gasteiger partial charge in [-0.05, 0) is 47.1 Å². The number of rotatable bonds is 8. The molecule has 0 aromatic heterocycles. The molecule has 3 N–H and O–H groups in total. The van der Waals surface area contributed by atoms with Crippen molar-refractivity contribution in [2.24, 2.45) is 0 Å². The Labute approximate surface area is 196 Å². The average molecular weight is 470 g/mol. The molecule has 0 saturated carbocycles. The molecule has 2 rings (SSSR count). The Balaban J connectivity index is 2.34. The Morgan fingerprint density at radius 1 is 1.24 bits per heavy atom. The number of esters is 1. The van der Waals surface area contributed by atoms with Gasteiger partial charge in [0.25, 0.3) is 0 Å². The Morgan fingerprint density at radius 2 is 1.97 bits per heavy atom. The van der Waals surface area contributed by atoms with Gasteiger partial charge in [-0.2, -0.15) is 0 Å². The second kappa shape index (κ2) is 12.3. The predicted molar refractivity (Wildman–Crippen MR) is 122 cm³/mol. The molecule has 1 saturated heterocycles. The minimum atomic E-state index is -0.689. The topological polar surface area (TPSA) is 126 Å².